The molecule has 1 aliphatic carbocycles. The van der Waals surface area contributed by atoms with Gasteiger partial charge in [-0.05, 0) is 99.1 Å². The predicted molar refractivity (Wildman–Crippen MR) is 152 cm³/mol. The lowest BCUT2D eigenvalue weighted by Crippen LogP contribution is -2.37. The molecule has 1 saturated heterocycles. The van der Waals surface area contributed by atoms with Gasteiger partial charge in [0.2, 0.25) is 0 Å². The lowest BCUT2D eigenvalue weighted by Gasteiger charge is -2.28. The monoisotopic (exact) mass is 513 g/mol. The van der Waals surface area contributed by atoms with Crippen molar-refractivity contribution in [2.75, 3.05) is 39.0 Å². The maximum Gasteiger partial charge on any atom is 0.254 e. The smallest absolute Gasteiger partial charge is 0.254 e. The summed E-state index contributed by atoms with van der Waals surface area (Å²) in [6.45, 7) is 6.21. The SMILES string of the molecule is COc1cc(C2CCC2)ccc1CN(CCN1CCCC1)C(=O)c1ccc(Oc2cccc(C)c2)c(N)c1. The van der Waals surface area contributed by atoms with Crippen molar-refractivity contribution < 1.29 is 14.3 Å². The summed E-state index contributed by atoms with van der Waals surface area (Å²) >= 11 is 0. The molecule has 3 aromatic rings. The molecule has 0 aromatic heterocycles. The molecule has 2 fully saturated rings. The summed E-state index contributed by atoms with van der Waals surface area (Å²) in [6.07, 6.45) is 6.24. The first-order valence-electron chi connectivity index (χ1n) is 13.8. The second kappa shape index (κ2) is 11.9. The van der Waals surface area contributed by atoms with Gasteiger partial charge in [-0.3, -0.25) is 4.79 Å². The molecule has 38 heavy (non-hydrogen) atoms. The fraction of sp³-hybridized carbons (Fsp3) is 0.406. The summed E-state index contributed by atoms with van der Waals surface area (Å²) < 4.78 is 11.8. The van der Waals surface area contributed by atoms with Gasteiger partial charge in [0.15, 0.2) is 0 Å². The lowest BCUT2D eigenvalue weighted by molar-refractivity contribution is 0.0726. The first-order chi connectivity index (χ1) is 18.5. The van der Waals surface area contributed by atoms with E-state index in [4.69, 9.17) is 15.2 Å². The van der Waals surface area contributed by atoms with Crippen LogP contribution in [0.5, 0.6) is 17.2 Å². The van der Waals surface area contributed by atoms with Crippen LogP contribution in [-0.2, 0) is 6.54 Å². The van der Waals surface area contributed by atoms with Crippen LogP contribution in [0.25, 0.3) is 0 Å². The van der Waals surface area contributed by atoms with Gasteiger partial charge in [0.1, 0.15) is 17.2 Å². The molecule has 200 valence electrons. The minimum Gasteiger partial charge on any atom is -0.496 e. The summed E-state index contributed by atoms with van der Waals surface area (Å²) in [5.41, 5.74) is 10.8. The Hall–Kier alpha value is -3.51. The van der Waals surface area contributed by atoms with E-state index in [2.05, 4.69) is 23.1 Å². The molecule has 3 aromatic carbocycles. The van der Waals surface area contributed by atoms with Gasteiger partial charge >= 0.3 is 0 Å². The number of nitrogens with two attached hydrogens (primary N) is 1. The maximum atomic E-state index is 13.8. The number of carbonyl (C=O) groups excluding carboxylic acids is 1. The molecule has 1 heterocycles. The highest BCUT2D eigenvalue weighted by Gasteiger charge is 2.24. The molecule has 2 aliphatic rings. The average Bonchev–Trinajstić information content (AvgIpc) is 3.41. The minimum atomic E-state index is -0.0388. The van der Waals surface area contributed by atoms with Gasteiger partial charge < -0.3 is 25.0 Å². The van der Waals surface area contributed by atoms with E-state index >= 15 is 0 Å². The highest BCUT2D eigenvalue weighted by Crippen LogP contribution is 2.38. The summed E-state index contributed by atoms with van der Waals surface area (Å²) in [6, 6.07) is 19.7. The molecular formula is C32H39N3O3. The fourth-order valence-electron chi connectivity index (χ4n) is 5.38. The second-order valence-electron chi connectivity index (χ2n) is 10.6. The Morgan fingerprint density at radius 2 is 1.82 bits per heavy atom. The number of methoxy groups -OCH3 is 1. The first kappa shape index (κ1) is 26.1. The molecule has 1 saturated carbocycles. The van der Waals surface area contributed by atoms with Crippen molar-refractivity contribution in [2.45, 2.75) is 51.5 Å². The van der Waals surface area contributed by atoms with Gasteiger partial charge in [-0.2, -0.15) is 0 Å². The summed E-state index contributed by atoms with van der Waals surface area (Å²) in [7, 11) is 1.72. The van der Waals surface area contributed by atoms with Crippen LogP contribution in [0.15, 0.2) is 60.7 Å². The van der Waals surface area contributed by atoms with E-state index in [0.29, 0.717) is 36.0 Å². The summed E-state index contributed by atoms with van der Waals surface area (Å²) in [4.78, 5) is 18.2. The van der Waals surface area contributed by atoms with Crippen LogP contribution in [0.4, 0.5) is 5.69 Å². The number of rotatable bonds is 10. The fourth-order valence-corrected chi connectivity index (χ4v) is 5.38. The van der Waals surface area contributed by atoms with Gasteiger partial charge in [-0.1, -0.05) is 30.7 Å². The Kier molecular flexibility index (Phi) is 8.18. The molecule has 2 N–H and O–H groups in total. The van der Waals surface area contributed by atoms with Crippen LogP contribution in [0.2, 0.25) is 0 Å². The Balaban J connectivity index is 1.35. The molecule has 5 rings (SSSR count). The summed E-state index contributed by atoms with van der Waals surface area (Å²) in [5.74, 6) is 2.72. The molecule has 0 unspecified atom stereocenters. The van der Waals surface area contributed by atoms with Gasteiger partial charge in [0.05, 0.1) is 12.8 Å². The van der Waals surface area contributed by atoms with Crippen molar-refractivity contribution in [3.8, 4) is 17.2 Å². The van der Waals surface area contributed by atoms with Crippen molar-refractivity contribution in [1.29, 1.82) is 0 Å². The van der Waals surface area contributed by atoms with Crippen LogP contribution < -0.4 is 15.2 Å². The van der Waals surface area contributed by atoms with Crippen molar-refractivity contribution in [2.24, 2.45) is 0 Å². The largest absolute Gasteiger partial charge is 0.496 e. The van der Waals surface area contributed by atoms with E-state index in [1.807, 2.05) is 42.2 Å². The van der Waals surface area contributed by atoms with E-state index in [-0.39, 0.29) is 5.91 Å². The van der Waals surface area contributed by atoms with Crippen molar-refractivity contribution in [3.05, 3.63) is 82.9 Å². The van der Waals surface area contributed by atoms with E-state index in [1.54, 1.807) is 19.2 Å². The highest BCUT2D eigenvalue weighted by atomic mass is 16.5. The Labute approximate surface area is 226 Å². The molecule has 0 radical (unpaired) electrons. The number of aryl methyl sites for hydroxylation is 1. The van der Waals surface area contributed by atoms with Crippen molar-refractivity contribution in [1.82, 2.24) is 9.80 Å². The second-order valence-corrected chi connectivity index (χ2v) is 10.6. The number of nitrogens with zero attached hydrogens (tertiary/aromatic N) is 2. The van der Waals surface area contributed by atoms with Gasteiger partial charge in [-0.25, -0.2) is 0 Å². The van der Waals surface area contributed by atoms with E-state index < -0.39 is 0 Å². The maximum absolute atomic E-state index is 13.8. The minimum absolute atomic E-state index is 0.0388. The quantitative estimate of drug-likeness (QED) is 0.319. The van der Waals surface area contributed by atoms with Gasteiger partial charge in [0.25, 0.3) is 5.91 Å². The average molecular weight is 514 g/mol. The lowest BCUT2D eigenvalue weighted by atomic mass is 9.80. The van der Waals surface area contributed by atoms with Crippen LogP contribution in [-0.4, -0.2) is 49.0 Å². The van der Waals surface area contributed by atoms with E-state index in [1.165, 1.54) is 37.7 Å². The number of hydrogen-bond donors (Lipinski definition) is 1. The zero-order valence-electron chi connectivity index (χ0n) is 22.6. The number of anilines is 1. The zero-order chi connectivity index (χ0) is 26.5. The molecule has 1 aliphatic heterocycles. The van der Waals surface area contributed by atoms with Gasteiger partial charge in [-0.15, -0.1) is 0 Å². The van der Waals surface area contributed by atoms with Gasteiger partial charge in [0, 0.05) is 30.8 Å². The molecule has 1 amide bonds. The number of ether oxygens (including phenoxy) is 2. The Morgan fingerprint density at radius 3 is 2.50 bits per heavy atom. The third kappa shape index (κ3) is 6.13. The Morgan fingerprint density at radius 1 is 1.00 bits per heavy atom. The molecule has 6 nitrogen and oxygen atoms in total. The first-order valence-corrected chi connectivity index (χ1v) is 13.8. The zero-order valence-corrected chi connectivity index (χ0v) is 22.6. The number of carbonyl (C=O) groups is 1. The third-order valence-corrected chi connectivity index (χ3v) is 7.90. The van der Waals surface area contributed by atoms with Crippen LogP contribution in [0.3, 0.4) is 0 Å². The van der Waals surface area contributed by atoms with Crippen molar-refractivity contribution in [3.63, 3.8) is 0 Å². The highest BCUT2D eigenvalue weighted by molar-refractivity contribution is 5.95. The van der Waals surface area contributed by atoms with E-state index in [0.717, 1.165) is 42.3 Å². The topological polar surface area (TPSA) is 68.0 Å². The number of nitrogen functional groups attached to an aromatic ring is 1. The summed E-state index contributed by atoms with van der Waals surface area (Å²) in [5, 5.41) is 0. The number of amides is 1. The number of hydrogen-bond acceptors (Lipinski definition) is 5. The standard InChI is InChI=1S/C32H39N3O3/c1-23-7-5-10-28(19-23)38-30-14-13-26(20-29(30)33)32(36)35(18-17-34-15-3-4-16-34)22-27-12-11-25(21-31(27)37-2)24-8-6-9-24/h5,7,10-14,19-21,24H,3-4,6,8-9,15-18,22,33H2,1-2H3. The molecule has 0 atom stereocenters. The molecule has 6 heteroatoms. The molecular weight excluding hydrogens is 474 g/mol. The third-order valence-electron chi connectivity index (χ3n) is 7.90. The van der Waals surface area contributed by atoms with Crippen LogP contribution in [0, 0.1) is 6.92 Å². The predicted octanol–water partition coefficient (Wildman–Crippen LogP) is 6.38. The number of likely N-dealkylation sites (tertiary alicyclic amines) is 1. The van der Waals surface area contributed by atoms with Crippen LogP contribution in [0.1, 0.15) is 65.1 Å². The Bertz CT molecular complexity index is 1260. The van der Waals surface area contributed by atoms with Crippen LogP contribution >= 0.6 is 0 Å². The molecule has 0 spiro atoms. The van der Waals surface area contributed by atoms with E-state index in [9.17, 15) is 4.79 Å². The number of benzene rings is 3. The molecule has 0 bridgehead atoms. The normalized spacial score (nSPS) is 15.7. The van der Waals surface area contributed by atoms with Crippen molar-refractivity contribution >= 4 is 11.6 Å².